The number of carbonyl (C=O) groups is 1. The zero-order valence-electron chi connectivity index (χ0n) is 11.6. The van der Waals surface area contributed by atoms with Crippen LogP contribution in [0.25, 0.3) is 0 Å². The molecule has 0 aromatic heterocycles. The molecule has 0 spiro atoms. The molecule has 0 aromatic carbocycles. The fraction of sp³-hybridized carbons (Fsp3) is 0.929. The molecule has 1 saturated carbocycles. The van der Waals surface area contributed by atoms with Crippen LogP contribution in [-0.4, -0.2) is 43.4 Å². The molecule has 0 aromatic rings. The van der Waals surface area contributed by atoms with Gasteiger partial charge in [-0.15, -0.1) is 0 Å². The van der Waals surface area contributed by atoms with Crippen molar-refractivity contribution in [2.75, 3.05) is 20.3 Å². The Kier molecular flexibility index (Phi) is 7.47. The summed E-state index contributed by atoms with van der Waals surface area (Å²) in [6.45, 7) is 2.70. The standard InChI is InChI=1S/C14H26O4/c1-11(9-17-2)18-10-13(15)7-8-14(16)12-5-3-4-6-12/h11-13,15H,3-10H2,1-2H3. The van der Waals surface area contributed by atoms with Crippen LogP contribution in [0.3, 0.4) is 0 Å². The van der Waals surface area contributed by atoms with Crippen LogP contribution in [0.4, 0.5) is 0 Å². The molecule has 0 amide bonds. The minimum Gasteiger partial charge on any atom is -0.391 e. The number of Topliss-reactive ketones (excluding diaryl/α,β-unsaturated/α-hetero) is 1. The van der Waals surface area contributed by atoms with E-state index in [0.717, 1.165) is 12.8 Å². The second-order valence-electron chi connectivity index (χ2n) is 5.24. The lowest BCUT2D eigenvalue weighted by Gasteiger charge is -2.16. The summed E-state index contributed by atoms with van der Waals surface area (Å²) < 4.78 is 10.4. The lowest BCUT2D eigenvalue weighted by Crippen LogP contribution is -2.24. The minimum atomic E-state index is -0.547. The van der Waals surface area contributed by atoms with E-state index in [1.165, 1.54) is 12.8 Å². The van der Waals surface area contributed by atoms with Crippen LogP contribution in [0, 0.1) is 5.92 Å². The first kappa shape index (κ1) is 15.6. The first-order chi connectivity index (χ1) is 8.63. The fourth-order valence-electron chi connectivity index (χ4n) is 2.40. The monoisotopic (exact) mass is 258 g/mol. The van der Waals surface area contributed by atoms with Crippen LogP contribution >= 0.6 is 0 Å². The average molecular weight is 258 g/mol. The Morgan fingerprint density at radius 3 is 2.61 bits per heavy atom. The van der Waals surface area contributed by atoms with Gasteiger partial charge in [-0.2, -0.15) is 0 Å². The molecule has 2 unspecified atom stereocenters. The Morgan fingerprint density at radius 1 is 1.33 bits per heavy atom. The largest absolute Gasteiger partial charge is 0.391 e. The Bertz CT molecular complexity index is 236. The number of ketones is 1. The highest BCUT2D eigenvalue weighted by Crippen LogP contribution is 2.26. The summed E-state index contributed by atoms with van der Waals surface area (Å²) in [4.78, 5) is 11.8. The van der Waals surface area contributed by atoms with Gasteiger partial charge in [-0.3, -0.25) is 4.79 Å². The summed E-state index contributed by atoms with van der Waals surface area (Å²) in [5, 5.41) is 9.74. The van der Waals surface area contributed by atoms with Gasteiger partial charge >= 0.3 is 0 Å². The summed E-state index contributed by atoms with van der Waals surface area (Å²) in [6, 6.07) is 0. The number of hydrogen-bond acceptors (Lipinski definition) is 4. The Labute approximate surface area is 110 Å². The van der Waals surface area contributed by atoms with Gasteiger partial charge in [0.1, 0.15) is 5.78 Å². The molecule has 0 aliphatic heterocycles. The number of ether oxygens (including phenoxy) is 2. The first-order valence-electron chi connectivity index (χ1n) is 6.94. The quantitative estimate of drug-likeness (QED) is 0.686. The van der Waals surface area contributed by atoms with Crippen molar-refractivity contribution in [3.63, 3.8) is 0 Å². The van der Waals surface area contributed by atoms with E-state index in [4.69, 9.17) is 9.47 Å². The molecule has 2 atom stereocenters. The highest BCUT2D eigenvalue weighted by molar-refractivity contribution is 5.81. The molecule has 4 heteroatoms. The maximum Gasteiger partial charge on any atom is 0.136 e. The second-order valence-corrected chi connectivity index (χ2v) is 5.24. The summed E-state index contributed by atoms with van der Waals surface area (Å²) in [6.07, 6.45) is 4.85. The van der Waals surface area contributed by atoms with Crippen LogP contribution in [0.15, 0.2) is 0 Å². The SMILES string of the molecule is COCC(C)OCC(O)CCC(=O)C1CCCC1. The number of carbonyl (C=O) groups excluding carboxylic acids is 1. The van der Waals surface area contributed by atoms with Gasteiger partial charge in [0.2, 0.25) is 0 Å². The first-order valence-corrected chi connectivity index (χ1v) is 6.94. The second kappa shape index (κ2) is 8.62. The van der Waals surface area contributed by atoms with Gasteiger partial charge in [-0.1, -0.05) is 12.8 Å². The maximum absolute atomic E-state index is 11.8. The van der Waals surface area contributed by atoms with Gasteiger partial charge in [-0.25, -0.2) is 0 Å². The third-order valence-electron chi connectivity index (χ3n) is 3.51. The number of rotatable bonds is 9. The van der Waals surface area contributed by atoms with Crippen molar-refractivity contribution in [2.24, 2.45) is 5.92 Å². The third kappa shape index (κ3) is 5.94. The molecule has 1 N–H and O–H groups in total. The molecular weight excluding hydrogens is 232 g/mol. The van der Waals surface area contributed by atoms with Crippen molar-refractivity contribution < 1.29 is 19.4 Å². The predicted octanol–water partition coefficient (Wildman–Crippen LogP) is 1.94. The number of aliphatic hydroxyl groups excluding tert-OH is 1. The van der Waals surface area contributed by atoms with Crippen molar-refractivity contribution in [1.29, 1.82) is 0 Å². The van der Waals surface area contributed by atoms with Gasteiger partial charge in [0.15, 0.2) is 0 Å². The van der Waals surface area contributed by atoms with Gasteiger partial charge in [0.25, 0.3) is 0 Å². The van der Waals surface area contributed by atoms with E-state index in [0.29, 0.717) is 25.2 Å². The molecular formula is C14H26O4. The van der Waals surface area contributed by atoms with Gasteiger partial charge in [0, 0.05) is 19.4 Å². The molecule has 18 heavy (non-hydrogen) atoms. The molecule has 1 aliphatic rings. The normalized spacial score (nSPS) is 19.9. The average Bonchev–Trinajstić information content (AvgIpc) is 2.87. The third-order valence-corrected chi connectivity index (χ3v) is 3.51. The summed E-state index contributed by atoms with van der Waals surface area (Å²) >= 11 is 0. The van der Waals surface area contributed by atoms with Crippen LogP contribution in [-0.2, 0) is 14.3 Å². The van der Waals surface area contributed by atoms with E-state index in [2.05, 4.69) is 0 Å². The van der Waals surface area contributed by atoms with Crippen LogP contribution < -0.4 is 0 Å². The molecule has 0 radical (unpaired) electrons. The van der Waals surface area contributed by atoms with Crippen molar-refractivity contribution in [3.8, 4) is 0 Å². The van der Waals surface area contributed by atoms with Crippen molar-refractivity contribution in [2.45, 2.75) is 57.7 Å². The Balaban J connectivity index is 2.08. The maximum atomic E-state index is 11.8. The topological polar surface area (TPSA) is 55.8 Å². The van der Waals surface area contributed by atoms with Crippen molar-refractivity contribution >= 4 is 5.78 Å². The number of aliphatic hydroxyl groups is 1. The van der Waals surface area contributed by atoms with Crippen LogP contribution in [0.1, 0.15) is 45.4 Å². The van der Waals surface area contributed by atoms with E-state index in [1.807, 2.05) is 6.92 Å². The molecule has 0 bridgehead atoms. The van der Waals surface area contributed by atoms with Gasteiger partial charge < -0.3 is 14.6 Å². The van der Waals surface area contributed by atoms with Gasteiger partial charge in [-0.05, 0) is 26.2 Å². The van der Waals surface area contributed by atoms with Crippen molar-refractivity contribution in [1.82, 2.24) is 0 Å². The highest BCUT2D eigenvalue weighted by Gasteiger charge is 2.22. The lowest BCUT2D eigenvalue weighted by atomic mass is 9.98. The smallest absolute Gasteiger partial charge is 0.136 e. The summed E-state index contributed by atoms with van der Waals surface area (Å²) in [5.41, 5.74) is 0. The van der Waals surface area contributed by atoms with E-state index in [-0.39, 0.29) is 18.6 Å². The van der Waals surface area contributed by atoms with Crippen molar-refractivity contribution in [3.05, 3.63) is 0 Å². The Hall–Kier alpha value is -0.450. The van der Waals surface area contributed by atoms with E-state index in [1.54, 1.807) is 7.11 Å². The van der Waals surface area contributed by atoms with Crippen LogP contribution in [0.2, 0.25) is 0 Å². The minimum absolute atomic E-state index is 0.0183. The highest BCUT2D eigenvalue weighted by atomic mass is 16.5. The van der Waals surface area contributed by atoms with Gasteiger partial charge in [0.05, 0.1) is 25.4 Å². The predicted molar refractivity (Wildman–Crippen MR) is 69.5 cm³/mol. The van der Waals surface area contributed by atoms with E-state index < -0.39 is 6.10 Å². The van der Waals surface area contributed by atoms with E-state index in [9.17, 15) is 9.90 Å². The molecule has 106 valence electrons. The molecule has 0 saturated heterocycles. The molecule has 1 rings (SSSR count). The number of methoxy groups -OCH3 is 1. The lowest BCUT2D eigenvalue weighted by molar-refractivity contribution is -0.123. The zero-order chi connectivity index (χ0) is 13.4. The molecule has 1 aliphatic carbocycles. The van der Waals surface area contributed by atoms with Crippen LogP contribution in [0.5, 0.6) is 0 Å². The fourth-order valence-corrected chi connectivity index (χ4v) is 2.40. The molecule has 4 nitrogen and oxygen atoms in total. The summed E-state index contributed by atoms with van der Waals surface area (Å²) in [7, 11) is 1.62. The Morgan fingerprint density at radius 2 is 2.00 bits per heavy atom. The van der Waals surface area contributed by atoms with E-state index >= 15 is 0 Å². The molecule has 0 heterocycles. The molecule has 1 fully saturated rings. The zero-order valence-corrected chi connectivity index (χ0v) is 11.6. The number of hydrogen-bond donors (Lipinski definition) is 1. The summed E-state index contributed by atoms with van der Waals surface area (Å²) in [5.74, 6) is 0.571.